The third-order valence-corrected chi connectivity index (χ3v) is 6.16. The van der Waals surface area contributed by atoms with Crippen LogP contribution >= 0.6 is 0 Å². The lowest BCUT2D eigenvalue weighted by molar-refractivity contribution is -0.132. The van der Waals surface area contributed by atoms with Crippen molar-refractivity contribution in [2.45, 2.75) is 19.4 Å². The normalized spacial score (nSPS) is 14.2. The van der Waals surface area contributed by atoms with E-state index < -0.39 is 6.04 Å². The molecule has 2 amide bonds. The molecule has 4 N–H and O–H groups in total. The molecule has 10 nitrogen and oxygen atoms in total. The highest BCUT2D eigenvalue weighted by molar-refractivity contribution is 5.94. The van der Waals surface area contributed by atoms with Gasteiger partial charge in [-0.15, -0.1) is 0 Å². The van der Waals surface area contributed by atoms with Crippen molar-refractivity contribution >= 4 is 34.8 Å². The summed E-state index contributed by atoms with van der Waals surface area (Å²) < 4.78 is 5.01. The molecule has 194 valence electrons. The van der Waals surface area contributed by atoms with Crippen LogP contribution in [0.25, 0.3) is 11.3 Å². The molecule has 3 aromatic rings. The van der Waals surface area contributed by atoms with Gasteiger partial charge in [-0.1, -0.05) is 12.1 Å². The minimum absolute atomic E-state index is 0.146. The Morgan fingerprint density at radius 2 is 1.68 bits per heavy atom. The number of carbonyl (C=O) groups is 2. The molecule has 1 atom stereocenters. The third-order valence-electron chi connectivity index (χ3n) is 6.16. The molecule has 1 saturated heterocycles. The van der Waals surface area contributed by atoms with Crippen LogP contribution in [-0.2, 0) is 14.3 Å². The number of ether oxygens (including phenoxy) is 1. The smallest absolute Gasteiger partial charge is 0.240 e. The van der Waals surface area contributed by atoms with E-state index >= 15 is 0 Å². The van der Waals surface area contributed by atoms with Crippen LogP contribution in [-0.4, -0.2) is 72.6 Å². The van der Waals surface area contributed by atoms with Crippen LogP contribution in [0, 0.1) is 0 Å². The molecule has 1 aliphatic heterocycles. The number of nitrogens with one attached hydrogen (secondary N) is 2. The topological polar surface area (TPSA) is 126 Å². The van der Waals surface area contributed by atoms with Gasteiger partial charge in [-0.2, -0.15) is 0 Å². The minimum atomic E-state index is -0.573. The Kier molecular flexibility index (Phi) is 8.65. The minimum Gasteiger partial charge on any atom is -0.384 e. The summed E-state index contributed by atoms with van der Waals surface area (Å²) in [6.07, 6.45) is 2.13. The molecule has 10 heteroatoms. The number of rotatable bonds is 9. The maximum Gasteiger partial charge on any atom is 0.240 e. The lowest BCUT2D eigenvalue weighted by Gasteiger charge is -2.36. The fraction of sp³-hybridized carbons (Fsp3) is 0.333. The maximum absolute atomic E-state index is 12.2. The van der Waals surface area contributed by atoms with Gasteiger partial charge in [-0.3, -0.25) is 9.59 Å². The molecule has 0 bridgehead atoms. The van der Waals surface area contributed by atoms with E-state index in [-0.39, 0.29) is 11.8 Å². The SMILES string of the molecule is COCCC(=O)N1CCN(c2ccc(Nc3nccc(-c4ccc(NC(=O)[C@@H](C)N)cc4)n3)cc2)CC1. The molecule has 2 heterocycles. The van der Waals surface area contributed by atoms with Crippen molar-refractivity contribution in [3.8, 4) is 11.3 Å². The number of nitrogens with zero attached hydrogens (tertiary/aromatic N) is 4. The standard InChI is InChI=1S/C27H33N7O3/c1-19(28)26(36)30-21-5-3-20(4-6-21)24-11-13-29-27(32-24)31-22-7-9-23(10-8-22)33-14-16-34(17-15-33)25(35)12-18-37-2/h3-11,13,19H,12,14-18,28H2,1-2H3,(H,30,36)(H,29,31,32)/t19-/m1/s1. The highest BCUT2D eigenvalue weighted by Crippen LogP contribution is 2.24. The molecular weight excluding hydrogens is 470 g/mol. The number of benzene rings is 2. The molecule has 1 aliphatic rings. The Morgan fingerprint density at radius 1 is 1.00 bits per heavy atom. The lowest BCUT2D eigenvalue weighted by atomic mass is 10.1. The summed E-state index contributed by atoms with van der Waals surface area (Å²) in [7, 11) is 1.61. The second-order valence-corrected chi connectivity index (χ2v) is 8.90. The third kappa shape index (κ3) is 7.02. The monoisotopic (exact) mass is 503 g/mol. The van der Waals surface area contributed by atoms with Gasteiger partial charge in [-0.25, -0.2) is 9.97 Å². The molecule has 0 spiro atoms. The van der Waals surface area contributed by atoms with E-state index in [0.29, 0.717) is 37.8 Å². The van der Waals surface area contributed by atoms with Gasteiger partial charge in [0.15, 0.2) is 0 Å². The molecule has 0 unspecified atom stereocenters. The van der Waals surface area contributed by atoms with Crippen molar-refractivity contribution in [2.75, 3.05) is 55.4 Å². The largest absolute Gasteiger partial charge is 0.384 e. The maximum atomic E-state index is 12.2. The van der Waals surface area contributed by atoms with E-state index in [9.17, 15) is 9.59 Å². The van der Waals surface area contributed by atoms with Gasteiger partial charge < -0.3 is 30.9 Å². The Hall–Kier alpha value is -4.02. The van der Waals surface area contributed by atoms with Gasteiger partial charge in [0, 0.05) is 62.1 Å². The zero-order valence-electron chi connectivity index (χ0n) is 21.2. The molecule has 2 aromatic carbocycles. The van der Waals surface area contributed by atoms with Crippen molar-refractivity contribution in [1.29, 1.82) is 0 Å². The van der Waals surface area contributed by atoms with Gasteiger partial charge in [0.25, 0.3) is 0 Å². The number of methoxy groups -OCH3 is 1. The summed E-state index contributed by atoms with van der Waals surface area (Å²) in [4.78, 5) is 37.1. The van der Waals surface area contributed by atoms with Crippen LogP contribution in [0.3, 0.4) is 0 Å². The van der Waals surface area contributed by atoms with Crippen molar-refractivity contribution in [1.82, 2.24) is 14.9 Å². The summed E-state index contributed by atoms with van der Waals surface area (Å²) >= 11 is 0. The zero-order valence-corrected chi connectivity index (χ0v) is 21.2. The predicted molar refractivity (Wildman–Crippen MR) is 145 cm³/mol. The highest BCUT2D eigenvalue weighted by Gasteiger charge is 2.21. The van der Waals surface area contributed by atoms with Crippen molar-refractivity contribution < 1.29 is 14.3 Å². The fourth-order valence-corrected chi connectivity index (χ4v) is 4.01. The first-order valence-electron chi connectivity index (χ1n) is 12.3. The van der Waals surface area contributed by atoms with Gasteiger partial charge in [-0.05, 0) is 49.4 Å². The van der Waals surface area contributed by atoms with Crippen LogP contribution in [0.2, 0.25) is 0 Å². The van der Waals surface area contributed by atoms with E-state index in [4.69, 9.17) is 10.5 Å². The van der Waals surface area contributed by atoms with Gasteiger partial charge in [0.2, 0.25) is 17.8 Å². The second kappa shape index (κ2) is 12.3. The van der Waals surface area contributed by atoms with Crippen LogP contribution in [0.1, 0.15) is 13.3 Å². The van der Waals surface area contributed by atoms with Crippen LogP contribution in [0.15, 0.2) is 60.8 Å². The van der Waals surface area contributed by atoms with Crippen LogP contribution < -0.4 is 21.3 Å². The summed E-state index contributed by atoms with van der Waals surface area (Å²) in [6.45, 7) is 5.11. The van der Waals surface area contributed by atoms with Crippen molar-refractivity contribution in [2.24, 2.45) is 5.73 Å². The summed E-state index contributed by atoms with van der Waals surface area (Å²) in [5, 5.41) is 6.03. The summed E-state index contributed by atoms with van der Waals surface area (Å²) in [5.74, 6) is 0.401. The molecule has 0 radical (unpaired) electrons. The number of aromatic nitrogens is 2. The number of carbonyl (C=O) groups excluding carboxylic acids is 2. The number of piperazine rings is 1. The second-order valence-electron chi connectivity index (χ2n) is 8.90. The average molecular weight is 504 g/mol. The Bertz CT molecular complexity index is 1190. The van der Waals surface area contributed by atoms with E-state index in [1.807, 2.05) is 47.4 Å². The first-order valence-corrected chi connectivity index (χ1v) is 12.3. The predicted octanol–water partition coefficient (Wildman–Crippen LogP) is 2.86. The highest BCUT2D eigenvalue weighted by atomic mass is 16.5. The number of anilines is 4. The fourth-order valence-electron chi connectivity index (χ4n) is 4.01. The van der Waals surface area contributed by atoms with E-state index in [1.165, 1.54) is 0 Å². The molecule has 0 aliphatic carbocycles. The number of amides is 2. The lowest BCUT2D eigenvalue weighted by Crippen LogP contribution is -2.49. The molecule has 1 fully saturated rings. The molecular formula is C27H33N7O3. The van der Waals surface area contributed by atoms with E-state index in [2.05, 4.69) is 37.6 Å². The summed E-state index contributed by atoms with van der Waals surface area (Å²) in [6, 6.07) is 16.8. The van der Waals surface area contributed by atoms with Crippen LogP contribution in [0.4, 0.5) is 23.0 Å². The number of nitrogens with two attached hydrogens (primary N) is 1. The van der Waals surface area contributed by atoms with Gasteiger partial charge >= 0.3 is 0 Å². The zero-order chi connectivity index (χ0) is 26.2. The van der Waals surface area contributed by atoms with E-state index in [1.54, 1.807) is 20.2 Å². The molecule has 4 rings (SSSR count). The summed E-state index contributed by atoms with van der Waals surface area (Å²) in [5.41, 5.74) is 9.94. The Morgan fingerprint density at radius 3 is 2.32 bits per heavy atom. The van der Waals surface area contributed by atoms with Gasteiger partial charge in [0.1, 0.15) is 0 Å². The van der Waals surface area contributed by atoms with Crippen LogP contribution in [0.5, 0.6) is 0 Å². The Labute approximate surface area is 216 Å². The Balaban J connectivity index is 1.34. The number of hydrogen-bond acceptors (Lipinski definition) is 8. The van der Waals surface area contributed by atoms with E-state index in [0.717, 1.165) is 35.7 Å². The molecule has 1 aromatic heterocycles. The quantitative estimate of drug-likeness (QED) is 0.407. The molecule has 0 saturated carbocycles. The molecule has 37 heavy (non-hydrogen) atoms. The average Bonchev–Trinajstić information content (AvgIpc) is 2.93. The van der Waals surface area contributed by atoms with Crippen molar-refractivity contribution in [3.05, 3.63) is 60.8 Å². The number of hydrogen-bond donors (Lipinski definition) is 3. The van der Waals surface area contributed by atoms with Crippen molar-refractivity contribution in [3.63, 3.8) is 0 Å². The first-order chi connectivity index (χ1) is 17.9. The first kappa shape index (κ1) is 26.1. The van der Waals surface area contributed by atoms with Gasteiger partial charge in [0.05, 0.1) is 24.8 Å².